The highest BCUT2D eigenvalue weighted by Crippen LogP contribution is 2.70. The van der Waals surface area contributed by atoms with Crippen LogP contribution in [0.25, 0.3) is 0 Å². The standard InChI is InChI=1S/C30H40O7/c1-17(31)35-16-24(34)30-25(36-27(37-30)18-7-5-4-6-8-18)14-22-21-10-9-19-13-20(32)11-12-28(19,2)26(21)23(33)15-29(22,30)3/h11-13,18,21-23,25-27,33H,4-10,14-16H2,1-3H3/t21?,22?,23-,25+,26?,27+,28-,29-,30+/m0/s1. The van der Waals surface area contributed by atoms with Crippen LogP contribution in [0.2, 0.25) is 0 Å². The Hall–Kier alpha value is -1.83. The minimum absolute atomic E-state index is 0.0158. The molecule has 0 aromatic rings. The number of carbonyl (C=O) groups is 3. The number of allylic oxidation sites excluding steroid dienone is 4. The predicted octanol–water partition coefficient (Wildman–Crippen LogP) is 4.07. The van der Waals surface area contributed by atoms with Gasteiger partial charge in [0.1, 0.15) is 0 Å². The van der Waals surface area contributed by atoms with Crippen LogP contribution in [0.15, 0.2) is 23.8 Å². The molecule has 0 aromatic carbocycles. The van der Waals surface area contributed by atoms with Crippen molar-refractivity contribution in [2.45, 2.75) is 103 Å². The lowest BCUT2D eigenvalue weighted by Crippen LogP contribution is -2.63. The smallest absolute Gasteiger partial charge is 0.303 e. The van der Waals surface area contributed by atoms with Gasteiger partial charge >= 0.3 is 5.97 Å². The lowest BCUT2D eigenvalue weighted by Gasteiger charge is -2.59. The molecule has 6 aliphatic rings. The molecule has 5 fully saturated rings. The van der Waals surface area contributed by atoms with Crippen LogP contribution in [0.5, 0.6) is 0 Å². The van der Waals surface area contributed by atoms with Crippen molar-refractivity contribution in [1.29, 1.82) is 0 Å². The monoisotopic (exact) mass is 512 g/mol. The molecular weight excluding hydrogens is 472 g/mol. The van der Waals surface area contributed by atoms with Gasteiger partial charge in [0.25, 0.3) is 0 Å². The van der Waals surface area contributed by atoms with Gasteiger partial charge in [0, 0.05) is 29.6 Å². The summed E-state index contributed by atoms with van der Waals surface area (Å²) in [7, 11) is 0. The van der Waals surface area contributed by atoms with Crippen LogP contribution in [-0.2, 0) is 28.6 Å². The SMILES string of the molecule is CC(=O)OCC(=O)[C@@]12O[C@H](C3CCCCC3)O[C@@H]1CC1C3CCC4=CC(=O)C=C[C@]4(C)C3[C@@H](O)C[C@@]12C. The molecule has 0 spiro atoms. The highest BCUT2D eigenvalue weighted by atomic mass is 16.7. The fourth-order valence-corrected chi connectivity index (χ4v) is 9.49. The zero-order valence-corrected chi connectivity index (χ0v) is 22.2. The average Bonchev–Trinajstić information content (AvgIpc) is 3.36. The van der Waals surface area contributed by atoms with Gasteiger partial charge in [-0.3, -0.25) is 14.4 Å². The number of esters is 1. The molecule has 202 valence electrons. The molecule has 0 aromatic heterocycles. The first-order chi connectivity index (χ1) is 17.6. The molecule has 0 radical (unpaired) electrons. The van der Waals surface area contributed by atoms with Crippen molar-refractivity contribution < 1.29 is 33.7 Å². The predicted molar refractivity (Wildman–Crippen MR) is 134 cm³/mol. The Morgan fingerprint density at radius 2 is 1.92 bits per heavy atom. The van der Waals surface area contributed by atoms with Crippen molar-refractivity contribution in [3.63, 3.8) is 0 Å². The number of hydrogen-bond donors (Lipinski definition) is 1. The first-order valence-electron chi connectivity index (χ1n) is 14.2. The van der Waals surface area contributed by atoms with E-state index in [1.807, 2.05) is 6.08 Å². The molecule has 1 saturated heterocycles. The third-order valence-corrected chi connectivity index (χ3v) is 11.1. The van der Waals surface area contributed by atoms with Gasteiger partial charge in [-0.25, -0.2) is 0 Å². The van der Waals surface area contributed by atoms with Gasteiger partial charge in [-0.15, -0.1) is 0 Å². The Labute approximate surface area is 219 Å². The molecule has 4 saturated carbocycles. The maximum atomic E-state index is 14.0. The van der Waals surface area contributed by atoms with Gasteiger partial charge in [-0.05, 0) is 62.5 Å². The molecule has 37 heavy (non-hydrogen) atoms. The Morgan fingerprint density at radius 3 is 2.65 bits per heavy atom. The van der Waals surface area contributed by atoms with E-state index in [1.165, 1.54) is 13.3 Å². The number of fused-ring (bicyclic) bond motifs is 7. The first-order valence-corrected chi connectivity index (χ1v) is 14.2. The van der Waals surface area contributed by atoms with Crippen molar-refractivity contribution in [3.8, 4) is 0 Å². The fraction of sp³-hybridized carbons (Fsp3) is 0.767. The summed E-state index contributed by atoms with van der Waals surface area (Å²) in [5, 5.41) is 11.8. The Morgan fingerprint density at radius 1 is 1.16 bits per heavy atom. The van der Waals surface area contributed by atoms with E-state index >= 15 is 0 Å². The molecule has 6 rings (SSSR count). The number of aliphatic hydroxyl groups excluding tert-OH is 1. The van der Waals surface area contributed by atoms with Crippen LogP contribution < -0.4 is 0 Å². The quantitative estimate of drug-likeness (QED) is 0.567. The second-order valence-corrected chi connectivity index (χ2v) is 12.9. The van der Waals surface area contributed by atoms with E-state index in [0.29, 0.717) is 12.8 Å². The van der Waals surface area contributed by atoms with E-state index < -0.39 is 35.5 Å². The Bertz CT molecular complexity index is 1060. The van der Waals surface area contributed by atoms with Crippen LogP contribution in [-0.4, -0.2) is 53.3 Å². The molecule has 7 heteroatoms. The summed E-state index contributed by atoms with van der Waals surface area (Å²) in [4.78, 5) is 37.8. The van der Waals surface area contributed by atoms with Crippen LogP contribution in [0.4, 0.5) is 0 Å². The van der Waals surface area contributed by atoms with E-state index in [4.69, 9.17) is 14.2 Å². The number of ether oxygens (including phenoxy) is 3. The fourth-order valence-electron chi connectivity index (χ4n) is 9.49. The molecule has 1 N–H and O–H groups in total. The lowest BCUT2D eigenvalue weighted by molar-refractivity contribution is -0.210. The zero-order valence-electron chi connectivity index (χ0n) is 22.2. The molecule has 0 amide bonds. The first kappa shape index (κ1) is 25.4. The minimum atomic E-state index is -1.24. The maximum Gasteiger partial charge on any atom is 0.303 e. The third-order valence-electron chi connectivity index (χ3n) is 11.1. The second kappa shape index (κ2) is 8.85. The van der Waals surface area contributed by atoms with Gasteiger partial charge in [-0.1, -0.05) is 44.8 Å². The van der Waals surface area contributed by atoms with E-state index in [9.17, 15) is 19.5 Å². The van der Waals surface area contributed by atoms with Gasteiger partial charge < -0.3 is 19.3 Å². The van der Waals surface area contributed by atoms with Crippen molar-refractivity contribution >= 4 is 17.5 Å². The number of ketones is 2. The summed E-state index contributed by atoms with van der Waals surface area (Å²) in [6.45, 7) is 5.22. The van der Waals surface area contributed by atoms with Crippen molar-refractivity contribution in [2.75, 3.05) is 6.61 Å². The normalized spacial score (nSPS) is 46.9. The largest absolute Gasteiger partial charge is 0.458 e. The summed E-state index contributed by atoms with van der Waals surface area (Å²) in [5.41, 5.74) is -1.16. The summed E-state index contributed by atoms with van der Waals surface area (Å²) < 4.78 is 18.7. The van der Waals surface area contributed by atoms with Gasteiger partial charge in [0.15, 0.2) is 24.3 Å². The molecule has 0 bridgehead atoms. The van der Waals surface area contributed by atoms with Crippen molar-refractivity contribution in [1.82, 2.24) is 0 Å². The molecule has 7 nitrogen and oxygen atoms in total. The number of Topliss-reactive ketones (excluding diaryl/α,β-unsaturated/α-hetero) is 1. The van der Waals surface area contributed by atoms with E-state index in [1.54, 1.807) is 12.2 Å². The molecule has 1 heterocycles. The average molecular weight is 513 g/mol. The van der Waals surface area contributed by atoms with Crippen LogP contribution >= 0.6 is 0 Å². The van der Waals surface area contributed by atoms with E-state index in [0.717, 1.165) is 44.1 Å². The van der Waals surface area contributed by atoms with Gasteiger partial charge in [0.05, 0.1) is 12.2 Å². The highest BCUT2D eigenvalue weighted by molar-refractivity contribution is 6.01. The molecule has 9 atom stereocenters. The third kappa shape index (κ3) is 3.60. The van der Waals surface area contributed by atoms with E-state index in [2.05, 4.69) is 13.8 Å². The summed E-state index contributed by atoms with van der Waals surface area (Å²) >= 11 is 0. The van der Waals surface area contributed by atoms with Crippen LogP contribution in [0.1, 0.15) is 78.6 Å². The Balaban J connectivity index is 1.37. The molecule has 5 aliphatic carbocycles. The molecule has 3 unspecified atom stereocenters. The number of rotatable bonds is 4. The summed E-state index contributed by atoms with van der Waals surface area (Å²) in [5.74, 6) is -0.224. The van der Waals surface area contributed by atoms with Crippen LogP contribution in [0, 0.1) is 34.5 Å². The maximum absolute atomic E-state index is 14.0. The zero-order chi connectivity index (χ0) is 26.2. The topological polar surface area (TPSA) is 99.1 Å². The summed E-state index contributed by atoms with van der Waals surface area (Å²) in [6.07, 6.45) is 12.2. The molecule has 1 aliphatic heterocycles. The lowest BCUT2D eigenvalue weighted by atomic mass is 9.46. The van der Waals surface area contributed by atoms with Gasteiger partial charge in [0.2, 0.25) is 5.78 Å². The Kier molecular flexibility index (Phi) is 6.09. The van der Waals surface area contributed by atoms with Crippen LogP contribution in [0.3, 0.4) is 0 Å². The second-order valence-electron chi connectivity index (χ2n) is 12.9. The highest BCUT2D eigenvalue weighted by Gasteiger charge is 2.76. The van der Waals surface area contributed by atoms with Crippen molar-refractivity contribution in [2.24, 2.45) is 34.5 Å². The summed E-state index contributed by atoms with van der Waals surface area (Å²) in [6, 6.07) is 0. The van der Waals surface area contributed by atoms with Crippen molar-refractivity contribution in [3.05, 3.63) is 23.8 Å². The molecular formula is C30H40O7. The van der Waals surface area contributed by atoms with E-state index in [-0.39, 0.29) is 47.3 Å². The number of aliphatic hydroxyl groups is 1. The number of carbonyl (C=O) groups excluding carboxylic acids is 3. The van der Waals surface area contributed by atoms with Gasteiger partial charge in [-0.2, -0.15) is 0 Å². The number of hydrogen-bond acceptors (Lipinski definition) is 7. The minimum Gasteiger partial charge on any atom is -0.458 e.